The quantitative estimate of drug-likeness (QED) is 0.797. The molecular formula is C22H26N4O3. The predicted octanol–water partition coefficient (Wildman–Crippen LogP) is 2.98. The molecule has 0 unspecified atom stereocenters. The third-order valence-electron chi connectivity index (χ3n) is 5.74. The summed E-state index contributed by atoms with van der Waals surface area (Å²) >= 11 is 0. The molecule has 152 valence electrons. The number of piperazine rings is 1. The number of anilines is 1. The van der Waals surface area contributed by atoms with Crippen LogP contribution in [0.15, 0.2) is 30.5 Å². The van der Waals surface area contributed by atoms with Gasteiger partial charge in [-0.15, -0.1) is 0 Å². The highest BCUT2D eigenvalue weighted by Gasteiger charge is 2.30. The number of benzene rings is 1. The standard InChI is InChI=1S/C22H26N4O3/c1-3-29-22(28)26-10-8-25(9-11-26)21-23-14-18-19(24-21)12-16(13-20(18)27)17-7-5-4-6-15(17)2/h4-7,14,16H,3,8-13H2,1-2H3/t16-/m0/s1. The maximum Gasteiger partial charge on any atom is 0.409 e. The van der Waals surface area contributed by atoms with Gasteiger partial charge in [0.1, 0.15) is 0 Å². The number of carbonyl (C=O) groups excluding carboxylic acids is 2. The maximum atomic E-state index is 12.7. The number of aryl methyl sites for hydroxylation is 1. The van der Waals surface area contributed by atoms with Crippen molar-refractivity contribution in [2.24, 2.45) is 0 Å². The molecule has 1 fully saturated rings. The van der Waals surface area contributed by atoms with E-state index in [0.29, 0.717) is 50.7 Å². The van der Waals surface area contributed by atoms with Crippen LogP contribution in [0.25, 0.3) is 0 Å². The highest BCUT2D eigenvalue weighted by atomic mass is 16.6. The zero-order valence-corrected chi connectivity index (χ0v) is 16.9. The number of hydrogen-bond acceptors (Lipinski definition) is 6. The highest BCUT2D eigenvalue weighted by molar-refractivity contribution is 5.98. The van der Waals surface area contributed by atoms with Crippen molar-refractivity contribution >= 4 is 17.8 Å². The van der Waals surface area contributed by atoms with Crippen LogP contribution in [-0.2, 0) is 11.2 Å². The molecule has 4 rings (SSSR count). The van der Waals surface area contributed by atoms with E-state index in [1.165, 1.54) is 11.1 Å². The second-order valence-corrected chi connectivity index (χ2v) is 7.59. The molecule has 2 heterocycles. The largest absolute Gasteiger partial charge is 0.450 e. The van der Waals surface area contributed by atoms with E-state index in [-0.39, 0.29) is 17.8 Å². The van der Waals surface area contributed by atoms with Gasteiger partial charge in [0.15, 0.2) is 5.78 Å². The van der Waals surface area contributed by atoms with Crippen LogP contribution in [0, 0.1) is 6.92 Å². The lowest BCUT2D eigenvalue weighted by Crippen LogP contribution is -2.49. The number of amides is 1. The number of fused-ring (bicyclic) bond motifs is 1. The molecule has 29 heavy (non-hydrogen) atoms. The van der Waals surface area contributed by atoms with Gasteiger partial charge in [-0.1, -0.05) is 24.3 Å². The van der Waals surface area contributed by atoms with Crippen LogP contribution >= 0.6 is 0 Å². The normalized spacial score (nSPS) is 19.1. The minimum absolute atomic E-state index is 0.109. The number of aromatic nitrogens is 2. The molecule has 1 aromatic carbocycles. The molecule has 1 saturated heterocycles. The lowest BCUT2D eigenvalue weighted by atomic mass is 9.81. The van der Waals surface area contributed by atoms with Crippen LogP contribution in [0.5, 0.6) is 0 Å². The molecule has 1 amide bonds. The van der Waals surface area contributed by atoms with E-state index < -0.39 is 0 Å². The molecule has 0 radical (unpaired) electrons. The van der Waals surface area contributed by atoms with E-state index in [1.807, 2.05) is 12.1 Å². The minimum Gasteiger partial charge on any atom is -0.450 e. The van der Waals surface area contributed by atoms with Crippen LogP contribution in [0.3, 0.4) is 0 Å². The van der Waals surface area contributed by atoms with E-state index >= 15 is 0 Å². The molecule has 1 atom stereocenters. The first-order chi connectivity index (χ1) is 14.1. The monoisotopic (exact) mass is 394 g/mol. The Morgan fingerprint density at radius 3 is 2.66 bits per heavy atom. The van der Waals surface area contributed by atoms with Gasteiger partial charge in [-0.05, 0) is 37.3 Å². The Labute approximate surface area is 170 Å². The average molecular weight is 394 g/mol. The number of hydrogen-bond donors (Lipinski definition) is 0. The summed E-state index contributed by atoms with van der Waals surface area (Å²) in [6.45, 7) is 6.71. The van der Waals surface area contributed by atoms with Gasteiger partial charge in [-0.3, -0.25) is 4.79 Å². The van der Waals surface area contributed by atoms with Crippen LogP contribution in [0.1, 0.15) is 46.4 Å². The van der Waals surface area contributed by atoms with Gasteiger partial charge in [-0.2, -0.15) is 0 Å². The van der Waals surface area contributed by atoms with Crippen molar-refractivity contribution in [3.05, 3.63) is 52.8 Å². The van der Waals surface area contributed by atoms with E-state index in [4.69, 9.17) is 9.72 Å². The Morgan fingerprint density at radius 1 is 1.17 bits per heavy atom. The summed E-state index contributed by atoms with van der Waals surface area (Å²) in [5, 5.41) is 0. The van der Waals surface area contributed by atoms with Gasteiger partial charge in [0.05, 0.1) is 17.9 Å². The van der Waals surface area contributed by atoms with Crippen molar-refractivity contribution in [3.63, 3.8) is 0 Å². The van der Waals surface area contributed by atoms with E-state index in [0.717, 1.165) is 12.1 Å². The van der Waals surface area contributed by atoms with Gasteiger partial charge in [0, 0.05) is 38.8 Å². The Morgan fingerprint density at radius 2 is 1.93 bits per heavy atom. The lowest BCUT2D eigenvalue weighted by molar-refractivity contribution is 0.0961. The topological polar surface area (TPSA) is 75.6 Å². The Balaban J connectivity index is 1.50. The van der Waals surface area contributed by atoms with E-state index in [9.17, 15) is 9.59 Å². The molecule has 2 aromatic rings. The molecule has 1 aromatic heterocycles. The lowest BCUT2D eigenvalue weighted by Gasteiger charge is -2.34. The molecule has 7 nitrogen and oxygen atoms in total. The Bertz CT molecular complexity index is 922. The number of ketones is 1. The number of nitrogens with zero attached hydrogens (tertiary/aromatic N) is 4. The van der Waals surface area contributed by atoms with Crippen LogP contribution < -0.4 is 4.90 Å². The summed E-state index contributed by atoms with van der Waals surface area (Å²) in [7, 11) is 0. The Kier molecular flexibility index (Phi) is 5.47. The summed E-state index contributed by atoms with van der Waals surface area (Å²) in [6, 6.07) is 8.24. The molecule has 0 saturated carbocycles. The van der Waals surface area contributed by atoms with E-state index in [1.54, 1.807) is 18.0 Å². The Hall–Kier alpha value is -2.96. The fourth-order valence-corrected chi connectivity index (χ4v) is 4.16. The van der Waals surface area contributed by atoms with Crippen LogP contribution in [0.2, 0.25) is 0 Å². The van der Waals surface area contributed by atoms with Crippen LogP contribution in [-0.4, -0.2) is 59.5 Å². The zero-order chi connectivity index (χ0) is 20.4. The second-order valence-electron chi connectivity index (χ2n) is 7.59. The van der Waals surface area contributed by atoms with Crippen molar-refractivity contribution < 1.29 is 14.3 Å². The number of rotatable bonds is 3. The molecule has 0 spiro atoms. The first-order valence-electron chi connectivity index (χ1n) is 10.2. The van der Waals surface area contributed by atoms with Crippen molar-refractivity contribution in [2.75, 3.05) is 37.7 Å². The highest BCUT2D eigenvalue weighted by Crippen LogP contribution is 2.33. The summed E-state index contributed by atoms with van der Waals surface area (Å²) in [6.07, 6.45) is 2.64. The summed E-state index contributed by atoms with van der Waals surface area (Å²) < 4.78 is 5.07. The van der Waals surface area contributed by atoms with Crippen molar-refractivity contribution in [1.82, 2.24) is 14.9 Å². The zero-order valence-electron chi connectivity index (χ0n) is 16.9. The summed E-state index contributed by atoms with van der Waals surface area (Å²) in [5.74, 6) is 0.892. The molecule has 0 N–H and O–H groups in total. The molecule has 7 heteroatoms. The summed E-state index contributed by atoms with van der Waals surface area (Å²) in [4.78, 5) is 37.6. The van der Waals surface area contributed by atoms with Gasteiger partial charge < -0.3 is 14.5 Å². The fourth-order valence-electron chi connectivity index (χ4n) is 4.16. The number of carbonyl (C=O) groups is 2. The molecule has 0 bridgehead atoms. The van der Waals surface area contributed by atoms with Crippen molar-refractivity contribution in [1.29, 1.82) is 0 Å². The SMILES string of the molecule is CCOC(=O)N1CCN(c2ncc3c(n2)C[C@H](c2ccccc2C)CC3=O)CC1. The first-order valence-corrected chi connectivity index (χ1v) is 10.2. The second kappa shape index (κ2) is 8.19. The third-order valence-corrected chi connectivity index (χ3v) is 5.74. The molecule has 1 aliphatic carbocycles. The van der Waals surface area contributed by atoms with Gasteiger partial charge in [0.25, 0.3) is 0 Å². The number of Topliss-reactive ketones (excluding diaryl/α,β-unsaturated/α-hetero) is 1. The number of ether oxygens (including phenoxy) is 1. The predicted molar refractivity (Wildman–Crippen MR) is 109 cm³/mol. The fraction of sp³-hybridized carbons (Fsp3) is 0.455. The maximum absolute atomic E-state index is 12.7. The van der Waals surface area contributed by atoms with Crippen molar-refractivity contribution in [3.8, 4) is 0 Å². The van der Waals surface area contributed by atoms with Crippen molar-refractivity contribution in [2.45, 2.75) is 32.6 Å². The van der Waals surface area contributed by atoms with Gasteiger partial charge >= 0.3 is 6.09 Å². The first kappa shape index (κ1) is 19.4. The van der Waals surface area contributed by atoms with Crippen LogP contribution in [0.4, 0.5) is 10.7 Å². The smallest absolute Gasteiger partial charge is 0.409 e. The average Bonchev–Trinajstić information content (AvgIpc) is 2.74. The molecule has 2 aliphatic rings. The molecule has 1 aliphatic heterocycles. The van der Waals surface area contributed by atoms with E-state index in [2.05, 4.69) is 28.9 Å². The minimum atomic E-state index is -0.273. The van der Waals surface area contributed by atoms with Gasteiger partial charge in [-0.25, -0.2) is 14.8 Å². The third kappa shape index (κ3) is 3.95. The summed E-state index contributed by atoms with van der Waals surface area (Å²) in [5.41, 5.74) is 3.89. The van der Waals surface area contributed by atoms with Gasteiger partial charge in [0.2, 0.25) is 5.95 Å². The molecular weight excluding hydrogens is 368 g/mol.